The van der Waals surface area contributed by atoms with Crippen molar-refractivity contribution in [2.45, 2.75) is 26.7 Å². The van der Waals surface area contributed by atoms with Crippen LogP contribution < -0.4 is 0 Å². The molecule has 0 aliphatic heterocycles. The normalized spacial score (nSPS) is 33.2. The van der Waals surface area contributed by atoms with Gasteiger partial charge in [0.15, 0.2) is 0 Å². The monoisotopic (exact) mass is 138 g/mol. The zero-order valence-corrected chi connectivity index (χ0v) is 6.63. The number of rotatable bonds is 1. The fourth-order valence-corrected chi connectivity index (χ4v) is 1.40. The number of hydrogen-bond donors (Lipinski definition) is 0. The third-order valence-corrected chi connectivity index (χ3v) is 2.30. The van der Waals surface area contributed by atoms with E-state index in [1.807, 2.05) is 0 Å². The fourth-order valence-electron chi connectivity index (χ4n) is 1.40. The molecule has 0 saturated heterocycles. The first-order valence-electron chi connectivity index (χ1n) is 3.85. The molecule has 2 atom stereocenters. The van der Waals surface area contributed by atoms with Crippen molar-refractivity contribution in [2.75, 3.05) is 0 Å². The highest BCUT2D eigenvalue weighted by molar-refractivity contribution is 5.55. The molecule has 0 radical (unpaired) electrons. The quantitative estimate of drug-likeness (QED) is 0.401. The molecule has 0 aromatic carbocycles. The second-order valence-corrected chi connectivity index (χ2v) is 3.27. The van der Waals surface area contributed by atoms with Gasteiger partial charge in [-0.05, 0) is 25.7 Å². The van der Waals surface area contributed by atoms with Crippen molar-refractivity contribution in [3.05, 3.63) is 11.6 Å². The number of allylic oxidation sites excluding steroid dienone is 2. The zero-order chi connectivity index (χ0) is 7.56. The third-order valence-electron chi connectivity index (χ3n) is 2.30. The molecule has 0 unspecified atom stereocenters. The van der Waals surface area contributed by atoms with Crippen molar-refractivity contribution < 1.29 is 4.79 Å². The van der Waals surface area contributed by atoms with E-state index in [2.05, 4.69) is 19.9 Å². The molecule has 10 heavy (non-hydrogen) atoms. The Kier molecular flexibility index (Phi) is 2.25. The average Bonchev–Trinajstić information content (AvgIpc) is 1.94. The van der Waals surface area contributed by atoms with Crippen LogP contribution in [0, 0.1) is 11.8 Å². The summed E-state index contributed by atoms with van der Waals surface area (Å²) >= 11 is 0. The molecule has 1 heteroatoms. The summed E-state index contributed by atoms with van der Waals surface area (Å²) in [5.41, 5.74) is 1.37. The Bertz CT molecular complexity index is 158. The van der Waals surface area contributed by atoms with Gasteiger partial charge in [-0.25, -0.2) is 0 Å². The van der Waals surface area contributed by atoms with Crippen molar-refractivity contribution in [1.29, 1.82) is 0 Å². The van der Waals surface area contributed by atoms with Gasteiger partial charge in [-0.1, -0.05) is 18.6 Å². The van der Waals surface area contributed by atoms with Crippen molar-refractivity contribution >= 4 is 6.29 Å². The van der Waals surface area contributed by atoms with Crippen molar-refractivity contribution in [3.8, 4) is 0 Å². The van der Waals surface area contributed by atoms with Crippen LogP contribution in [0.15, 0.2) is 11.6 Å². The second kappa shape index (κ2) is 3.00. The summed E-state index contributed by atoms with van der Waals surface area (Å²) in [6, 6.07) is 0. The topological polar surface area (TPSA) is 17.1 Å². The lowest BCUT2D eigenvalue weighted by molar-refractivity contribution is -0.112. The van der Waals surface area contributed by atoms with E-state index in [1.54, 1.807) is 0 Å². The highest BCUT2D eigenvalue weighted by atomic mass is 16.1. The second-order valence-electron chi connectivity index (χ2n) is 3.27. The standard InChI is InChI=1S/C9H14O/c1-7-3-4-8(2)9(5-7)6-10/h3,6,8-9H,4-5H2,1-2H3/t8-,9+/m0/s1. The van der Waals surface area contributed by atoms with E-state index in [0.717, 1.165) is 19.1 Å². The number of aldehydes is 1. The van der Waals surface area contributed by atoms with Crippen molar-refractivity contribution in [3.63, 3.8) is 0 Å². The molecular weight excluding hydrogens is 124 g/mol. The van der Waals surface area contributed by atoms with Crippen LogP contribution in [0.4, 0.5) is 0 Å². The van der Waals surface area contributed by atoms with E-state index in [9.17, 15) is 4.79 Å². The van der Waals surface area contributed by atoms with Gasteiger partial charge < -0.3 is 4.79 Å². The van der Waals surface area contributed by atoms with Crippen molar-refractivity contribution in [2.24, 2.45) is 11.8 Å². The molecule has 0 aromatic rings. The predicted octanol–water partition coefficient (Wildman–Crippen LogP) is 2.18. The summed E-state index contributed by atoms with van der Waals surface area (Å²) in [7, 11) is 0. The first-order valence-corrected chi connectivity index (χ1v) is 3.85. The largest absolute Gasteiger partial charge is 0.303 e. The third kappa shape index (κ3) is 1.47. The lowest BCUT2D eigenvalue weighted by Gasteiger charge is -2.22. The van der Waals surface area contributed by atoms with Gasteiger partial charge in [0, 0.05) is 5.92 Å². The van der Waals surface area contributed by atoms with Crippen LogP contribution in [0.2, 0.25) is 0 Å². The molecule has 0 saturated carbocycles. The summed E-state index contributed by atoms with van der Waals surface area (Å²) in [6.07, 6.45) is 5.39. The maximum atomic E-state index is 10.5. The average molecular weight is 138 g/mol. The summed E-state index contributed by atoms with van der Waals surface area (Å²) in [5, 5.41) is 0. The number of carbonyl (C=O) groups excluding carboxylic acids is 1. The zero-order valence-electron chi connectivity index (χ0n) is 6.63. The molecular formula is C9H14O. The summed E-state index contributed by atoms with van der Waals surface area (Å²) in [6.45, 7) is 4.24. The molecule has 0 spiro atoms. The summed E-state index contributed by atoms with van der Waals surface area (Å²) < 4.78 is 0. The molecule has 0 amide bonds. The molecule has 1 aliphatic rings. The highest BCUT2D eigenvalue weighted by Gasteiger charge is 2.19. The van der Waals surface area contributed by atoms with E-state index in [4.69, 9.17) is 0 Å². The highest BCUT2D eigenvalue weighted by Crippen LogP contribution is 2.27. The number of hydrogen-bond acceptors (Lipinski definition) is 1. The minimum atomic E-state index is 0.282. The smallest absolute Gasteiger partial charge is 0.123 e. The molecule has 0 heterocycles. The van der Waals surface area contributed by atoms with Gasteiger partial charge >= 0.3 is 0 Å². The molecule has 1 aliphatic carbocycles. The fraction of sp³-hybridized carbons (Fsp3) is 0.667. The SMILES string of the molecule is CC1=CC[C@H](C)[C@@H](C=O)C1. The Morgan fingerprint density at radius 3 is 2.90 bits per heavy atom. The maximum Gasteiger partial charge on any atom is 0.123 e. The molecule has 0 N–H and O–H groups in total. The van der Waals surface area contributed by atoms with Crippen LogP contribution in [0.25, 0.3) is 0 Å². The molecule has 0 bridgehead atoms. The molecule has 0 fully saturated rings. The van der Waals surface area contributed by atoms with Crippen LogP contribution in [0.3, 0.4) is 0 Å². The van der Waals surface area contributed by atoms with Crippen LogP contribution >= 0.6 is 0 Å². The molecule has 1 nitrogen and oxygen atoms in total. The summed E-state index contributed by atoms with van der Waals surface area (Å²) in [4.78, 5) is 10.5. The Balaban J connectivity index is 2.61. The van der Waals surface area contributed by atoms with Crippen LogP contribution in [-0.4, -0.2) is 6.29 Å². The first-order chi connectivity index (χ1) is 4.74. The number of carbonyl (C=O) groups is 1. The maximum absolute atomic E-state index is 10.5. The Morgan fingerprint density at radius 1 is 1.70 bits per heavy atom. The van der Waals surface area contributed by atoms with Gasteiger partial charge in [-0.15, -0.1) is 0 Å². The van der Waals surface area contributed by atoms with E-state index in [1.165, 1.54) is 5.57 Å². The van der Waals surface area contributed by atoms with Gasteiger partial charge in [0.05, 0.1) is 0 Å². The van der Waals surface area contributed by atoms with Crippen LogP contribution in [-0.2, 0) is 4.79 Å². The minimum absolute atomic E-state index is 0.282. The first kappa shape index (κ1) is 7.52. The molecule has 56 valence electrons. The van der Waals surface area contributed by atoms with Gasteiger partial charge in [-0.3, -0.25) is 0 Å². The Morgan fingerprint density at radius 2 is 2.40 bits per heavy atom. The molecule has 1 rings (SSSR count). The van der Waals surface area contributed by atoms with E-state index in [-0.39, 0.29) is 5.92 Å². The lowest BCUT2D eigenvalue weighted by Crippen LogP contribution is -2.16. The lowest BCUT2D eigenvalue weighted by atomic mass is 9.82. The Hall–Kier alpha value is -0.590. The van der Waals surface area contributed by atoms with Gasteiger partial charge in [0.2, 0.25) is 0 Å². The van der Waals surface area contributed by atoms with Crippen molar-refractivity contribution in [1.82, 2.24) is 0 Å². The summed E-state index contributed by atoms with van der Waals surface area (Å²) in [5.74, 6) is 0.839. The van der Waals surface area contributed by atoms with Crippen LogP contribution in [0.5, 0.6) is 0 Å². The predicted molar refractivity (Wildman–Crippen MR) is 41.7 cm³/mol. The van der Waals surface area contributed by atoms with Gasteiger partial charge in [0.25, 0.3) is 0 Å². The van der Waals surface area contributed by atoms with Gasteiger partial charge in [0.1, 0.15) is 6.29 Å². The molecule has 0 aromatic heterocycles. The van der Waals surface area contributed by atoms with E-state index in [0.29, 0.717) is 5.92 Å². The minimum Gasteiger partial charge on any atom is -0.303 e. The van der Waals surface area contributed by atoms with E-state index < -0.39 is 0 Å². The van der Waals surface area contributed by atoms with Gasteiger partial charge in [-0.2, -0.15) is 0 Å². The van der Waals surface area contributed by atoms with Crippen LogP contribution in [0.1, 0.15) is 26.7 Å². The van der Waals surface area contributed by atoms with E-state index >= 15 is 0 Å². The Labute approximate surface area is 62.1 Å².